The van der Waals surface area contributed by atoms with Gasteiger partial charge in [0.15, 0.2) is 5.78 Å². The third-order valence-corrected chi connectivity index (χ3v) is 16.1. The number of hydrogen-bond acceptors (Lipinski definition) is 17. The lowest BCUT2D eigenvalue weighted by Gasteiger charge is -2.33. The maximum Gasteiger partial charge on any atom is 0.303 e. The number of aromatic amines is 1. The molecule has 85 heavy (non-hydrogen) atoms. The average molecular weight is 1220 g/mol. The Hall–Kier alpha value is -7.33. The molecule has 0 spiro atoms. The highest BCUT2D eigenvalue weighted by Gasteiger charge is 2.41. The molecule has 0 bridgehead atoms. The van der Waals surface area contributed by atoms with Crippen LogP contribution in [0.5, 0.6) is 0 Å². The summed E-state index contributed by atoms with van der Waals surface area (Å²) < 4.78 is 0. The number of carboxylic acids is 1. The molecule has 3 fully saturated rings. The Kier molecular flexibility index (Phi) is 25.8. The smallest absolute Gasteiger partial charge is 0.303 e. The predicted octanol–water partition coefficient (Wildman–Crippen LogP) is 0.518. The summed E-state index contributed by atoms with van der Waals surface area (Å²) in [5.41, 5.74) is 2.58. The summed E-state index contributed by atoms with van der Waals surface area (Å²) in [6.45, 7) is 6.85. The lowest BCUT2D eigenvalue weighted by molar-refractivity contribution is -0.141. The van der Waals surface area contributed by atoms with Gasteiger partial charge in [0.2, 0.25) is 53.2 Å². The molecule has 5 heterocycles. The van der Waals surface area contributed by atoms with Crippen LogP contribution in [-0.2, 0) is 72.0 Å². The zero-order valence-electron chi connectivity index (χ0n) is 48.9. The molecule has 3 aliphatic rings. The molecule has 2 aliphatic heterocycles. The first-order chi connectivity index (χ1) is 40.6. The molecular formula is C57H82N14O12S2. The Morgan fingerprint density at radius 3 is 2.02 bits per heavy atom. The normalized spacial score (nSPS) is 25.7. The molecule has 0 aromatic carbocycles. The Bertz CT molecular complexity index is 2760. The van der Waals surface area contributed by atoms with Gasteiger partial charge in [-0.3, -0.25) is 57.7 Å². The summed E-state index contributed by atoms with van der Waals surface area (Å²) in [4.78, 5) is 171. The van der Waals surface area contributed by atoms with E-state index in [0.717, 1.165) is 12.8 Å². The van der Waals surface area contributed by atoms with Gasteiger partial charge in [-0.2, -0.15) is 11.8 Å². The van der Waals surface area contributed by atoms with E-state index >= 15 is 0 Å². The van der Waals surface area contributed by atoms with Gasteiger partial charge in [0.25, 0.3) is 0 Å². The largest absolute Gasteiger partial charge is 0.481 e. The molecule has 3 aromatic heterocycles. The number of carbonyl (C=O) groups excluding carboxylic acids is 10. The molecular weight excluding hydrogens is 1140 g/mol. The van der Waals surface area contributed by atoms with Crippen molar-refractivity contribution in [3.05, 3.63) is 64.9 Å². The molecule has 9 atom stereocenters. The summed E-state index contributed by atoms with van der Waals surface area (Å²) >= 11 is 2.66. The maximum atomic E-state index is 14.7. The summed E-state index contributed by atoms with van der Waals surface area (Å²) in [5.74, 6) is -7.61. The van der Waals surface area contributed by atoms with Gasteiger partial charge in [-0.05, 0) is 102 Å². The van der Waals surface area contributed by atoms with Crippen LogP contribution in [0.3, 0.4) is 0 Å². The van der Waals surface area contributed by atoms with E-state index in [0.29, 0.717) is 48.4 Å². The molecule has 1 saturated carbocycles. The van der Waals surface area contributed by atoms with E-state index in [2.05, 4.69) is 67.8 Å². The monoisotopic (exact) mass is 1220 g/mol. The molecule has 2 saturated heterocycles. The van der Waals surface area contributed by atoms with Crippen molar-refractivity contribution in [3.63, 3.8) is 0 Å². The van der Waals surface area contributed by atoms with Crippen molar-refractivity contribution < 1.29 is 57.8 Å². The number of thioether (sulfide) groups is 1. The summed E-state index contributed by atoms with van der Waals surface area (Å²) in [6, 6.07) is -7.17. The van der Waals surface area contributed by atoms with Crippen LogP contribution in [0.2, 0.25) is 0 Å². The maximum absolute atomic E-state index is 14.7. The van der Waals surface area contributed by atoms with Gasteiger partial charge in [0, 0.05) is 73.9 Å². The van der Waals surface area contributed by atoms with Crippen molar-refractivity contribution in [2.24, 2.45) is 5.92 Å². The highest BCUT2D eigenvalue weighted by molar-refractivity contribution is 7.98. The SMILES string of the molecule is CC[C@@H]1NC(=O)[C@H](Cc2cnc[nH]2)NC(=O)[C@H](Cc2cscn2)NC(=O)[C@H]2CCCN2C(=O)[C@@H](NC(C)(C)C)CCCCC(=O)[C@H](Cc2cccnc2)NC(=O)[C@H](CC2CC2)NC(=O)[C@H](CCSC)NC(=O)[C@H](CCC(=O)O)NC(=O)CNC1=O. The molecule has 464 valence electrons. The number of nitrogens with zero attached hydrogens (tertiary/aromatic N) is 4. The second-order valence-electron chi connectivity index (χ2n) is 22.9. The van der Waals surface area contributed by atoms with Crippen molar-refractivity contribution in [3.8, 4) is 0 Å². The van der Waals surface area contributed by atoms with Crippen LogP contribution in [0, 0.1) is 5.92 Å². The van der Waals surface area contributed by atoms with Crippen LogP contribution >= 0.6 is 23.1 Å². The number of carboxylic acid groups (broad SMARTS) is 1. The molecule has 1 aliphatic carbocycles. The Morgan fingerprint density at radius 1 is 0.729 bits per heavy atom. The van der Waals surface area contributed by atoms with Crippen LogP contribution in [0.25, 0.3) is 0 Å². The lowest BCUT2D eigenvalue weighted by atomic mass is 9.97. The highest BCUT2D eigenvalue weighted by atomic mass is 32.2. The Morgan fingerprint density at radius 2 is 1.39 bits per heavy atom. The highest BCUT2D eigenvalue weighted by Crippen LogP contribution is 2.34. The number of pyridine rings is 1. The number of aromatic nitrogens is 4. The Balaban J connectivity index is 1.32. The van der Waals surface area contributed by atoms with Gasteiger partial charge >= 0.3 is 5.97 Å². The Labute approximate surface area is 502 Å². The number of ketones is 1. The van der Waals surface area contributed by atoms with E-state index in [1.165, 1.54) is 40.5 Å². The molecule has 28 heteroatoms. The second-order valence-corrected chi connectivity index (χ2v) is 24.6. The topological polar surface area (TPSA) is 374 Å². The van der Waals surface area contributed by atoms with Crippen molar-refractivity contribution in [1.29, 1.82) is 0 Å². The van der Waals surface area contributed by atoms with Gasteiger partial charge in [-0.15, -0.1) is 11.3 Å². The molecule has 9 amide bonds. The zero-order valence-corrected chi connectivity index (χ0v) is 50.5. The first kappa shape index (κ1) is 66.8. The fourth-order valence-corrected chi connectivity index (χ4v) is 11.2. The van der Waals surface area contributed by atoms with Crippen LogP contribution in [-0.4, -0.2) is 180 Å². The lowest BCUT2D eigenvalue weighted by Crippen LogP contribution is -2.60. The van der Waals surface area contributed by atoms with Gasteiger partial charge in [0.05, 0.1) is 36.2 Å². The number of amides is 9. The average Bonchev–Trinajstić information content (AvgIpc) is 3.90. The van der Waals surface area contributed by atoms with Gasteiger partial charge < -0.3 is 62.8 Å². The van der Waals surface area contributed by atoms with E-state index in [4.69, 9.17) is 0 Å². The van der Waals surface area contributed by atoms with E-state index in [-0.39, 0.29) is 75.5 Å². The van der Waals surface area contributed by atoms with Crippen LogP contribution < -0.4 is 47.9 Å². The molecule has 3 aromatic rings. The minimum absolute atomic E-state index is 0.00554. The number of imidazole rings is 1. The molecule has 0 radical (unpaired) electrons. The van der Waals surface area contributed by atoms with Gasteiger partial charge in [-0.25, -0.2) is 9.97 Å². The van der Waals surface area contributed by atoms with Crippen molar-refractivity contribution >= 4 is 88.0 Å². The third-order valence-electron chi connectivity index (χ3n) is 14.8. The third kappa shape index (κ3) is 21.9. The minimum atomic E-state index is -1.51. The first-order valence-electron chi connectivity index (χ1n) is 29.0. The number of fused-ring (bicyclic) bond motifs is 1. The zero-order chi connectivity index (χ0) is 61.6. The van der Waals surface area contributed by atoms with E-state index in [1.807, 2.05) is 20.8 Å². The number of hydrogen-bond donors (Lipinski definition) is 11. The van der Waals surface area contributed by atoms with E-state index in [1.54, 1.807) is 48.6 Å². The number of nitrogens with one attached hydrogen (secondary N) is 10. The summed E-state index contributed by atoms with van der Waals surface area (Å²) in [7, 11) is 0. The quantitative estimate of drug-likeness (QED) is 0.0931. The number of carbonyl (C=O) groups is 11. The number of Topliss-reactive ketones (excluding diaryl/α,β-unsaturated/α-hetero) is 1. The second kappa shape index (κ2) is 32.8. The van der Waals surface area contributed by atoms with Crippen molar-refractivity contribution in [2.45, 2.75) is 190 Å². The fourth-order valence-electron chi connectivity index (χ4n) is 10.2. The minimum Gasteiger partial charge on any atom is -0.481 e. The molecule has 6 rings (SSSR count). The van der Waals surface area contributed by atoms with Crippen molar-refractivity contribution in [1.82, 2.24) is 72.7 Å². The van der Waals surface area contributed by atoms with Crippen LogP contribution in [0.15, 0.2) is 47.9 Å². The molecule has 0 unspecified atom stereocenters. The molecule has 26 nitrogen and oxygen atoms in total. The number of rotatable bonds is 16. The summed E-state index contributed by atoms with van der Waals surface area (Å²) in [6.07, 6.45) is 10.4. The van der Waals surface area contributed by atoms with E-state index in [9.17, 15) is 57.8 Å². The standard InChI is InChI=1S/C57H82N14O12S2/c1-6-37-49(76)60-29-47(73)63-38(17-18-48(74)75)50(77)65-39(19-22-84-5)51(78)67-42(23-33-15-16-33)52(79)66-41(24-34-11-9-20-58-27-34)46(72)14-8-7-12-40(70-57(2,3)4)56(83)71-21-10-13-45(71)55(82)69-44(26-36-30-85-32-62-36)54(81)68-43(53(80)64-37)25-35-28-59-31-61-35/h9,11,20,27-28,30-33,37-45,70H,6-8,10,12-19,21-26,29H2,1-5H3,(H,59,61)(H,60,76)(H,63,73)(H,64,80)(H,65,77)(H,66,79)(H,67,78)(H,68,81)(H,69,82)(H,74,75)/t37-,38-,39-,40-,41-,42-,43-,44-,45+/m0/s1. The number of aliphatic carboxylic acids is 1. The van der Waals surface area contributed by atoms with Crippen LogP contribution in [0.1, 0.15) is 128 Å². The number of thiazole rings is 1. The molecule has 11 N–H and O–H groups in total. The fraction of sp³-hybridized carbons (Fsp3) is 0.614. The van der Waals surface area contributed by atoms with Crippen LogP contribution in [0.4, 0.5) is 0 Å². The van der Waals surface area contributed by atoms with Gasteiger partial charge in [0.1, 0.15) is 42.3 Å². The first-order valence-corrected chi connectivity index (χ1v) is 31.4. The van der Waals surface area contributed by atoms with E-state index < -0.39 is 133 Å². The summed E-state index contributed by atoms with van der Waals surface area (Å²) in [5, 5.41) is 36.3. The van der Waals surface area contributed by atoms with Crippen molar-refractivity contribution in [2.75, 3.05) is 25.1 Å². The number of H-pyrrole nitrogens is 1. The van der Waals surface area contributed by atoms with Gasteiger partial charge in [-0.1, -0.05) is 32.3 Å². The predicted molar refractivity (Wildman–Crippen MR) is 315 cm³/mol.